The zero-order valence-electron chi connectivity index (χ0n) is 14.4. The zero-order valence-corrected chi connectivity index (χ0v) is 15.2. The first kappa shape index (κ1) is 19.5. The monoisotopic (exact) mass is 403 g/mol. The van der Waals surface area contributed by atoms with Gasteiger partial charge in [0.1, 0.15) is 18.2 Å². The number of aromatic amines is 1. The zero-order chi connectivity index (χ0) is 20.3. The van der Waals surface area contributed by atoms with Crippen LogP contribution in [0.25, 0.3) is 11.3 Å². The molecular weight excluding hydrogens is 391 g/mol. The Bertz CT molecular complexity index is 1120. The average Bonchev–Trinajstić information content (AvgIpc) is 2.71. The van der Waals surface area contributed by atoms with Crippen molar-refractivity contribution in [3.63, 3.8) is 0 Å². The number of halogens is 3. The van der Waals surface area contributed by atoms with E-state index < -0.39 is 28.8 Å². The van der Waals surface area contributed by atoms with Gasteiger partial charge >= 0.3 is 0 Å². The fourth-order valence-electron chi connectivity index (χ4n) is 2.40. The van der Waals surface area contributed by atoms with Crippen molar-refractivity contribution in [3.8, 4) is 23.1 Å². The number of aromatic nitrogens is 2. The minimum Gasteiger partial charge on any atom is -0.486 e. The number of ether oxygens (including phenoxy) is 1. The first-order valence-electron chi connectivity index (χ1n) is 7.88. The minimum atomic E-state index is -1.60. The van der Waals surface area contributed by atoms with Crippen molar-refractivity contribution in [2.75, 3.05) is 6.26 Å². The summed E-state index contributed by atoms with van der Waals surface area (Å²) in [5.41, 5.74) is 0.764. The van der Waals surface area contributed by atoms with E-state index in [1.807, 2.05) is 6.07 Å². The Balaban J connectivity index is 1.83. The van der Waals surface area contributed by atoms with Crippen LogP contribution in [0.4, 0.5) is 13.2 Å². The summed E-state index contributed by atoms with van der Waals surface area (Å²) >= 11 is 1.23. The Hall–Kier alpha value is -3.25. The van der Waals surface area contributed by atoms with E-state index in [-0.39, 0.29) is 17.9 Å². The Kier molecular flexibility index (Phi) is 5.70. The first-order valence-corrected chi connectivity index (χ1v) is 9.11. The van der Waals surface area contributed by atoms with E-state index in [9.17, 15) is 23.2 Å². The molecule has 1 heterocycles. The van der Waals surface area contributed by atoms with Crippen molar-refractivity contribution in [1.29, 1.82) is 5.26 Å². The third kappa shape index (κ3) is 3.87. The van der Waals surface area contributed by atoms with Gasteiger partial charge in [0.15, 0.2) is 22.5 Å². The Labute approximate surface area is 161 Å². The van der Waals surface area contributed by atoms with E-state index in [4.69, 9.17) is 4.74 Å². The molecule has 0 amide bonds. The van der Waals surface area contributed by atoms with Gasteiger partial charge < -0.3 is 9.72 Å². The molecule has 0 bridgehead atoms. The number of benzene rings is 2. The normalized spacial score (nSPS) is 10.5. The maximum absolute atomic E-state index is 13.6. The van der Waals surface area contributed by atoms with Gasteiger partial charge in [-0.15, -0.1) is 0 Å². The van der Waals surface area contributed by atoms with Gasteiger partial charge in [0.2, 0.25) is 5.82 Å². The third-order valence-electron chi connectivity index (χ3n) is 3.82. The number of thioether (sulfide) groups is 1. The number of H-pyrrole nitrogens is 1. The third-order valence-corrected chi connectivity index (χ3v) is 4.40. The smallest absolute Gasteiger partial charge is 0.270 e. The van der Waals surface area contributed by atoms with Crippen molar-refractivity contribution in [2.24, 2.45) is 0 Å². The fourth-order valence-corrected chi connectivity index (χ4v) is 2.78. The average molecular weight is 403 g/mol. The van der Waals surface area contributed by atoms with Crippen molar-refractivity contribution in [3.05, 3.63) is 75.3 Å². The maximum Gasteiger partial charge on any atom is 0.270 e. The molecule has 1 aromatic heterocycles. The topological polar surface area (TPSA) is 78.8 Å². The van der Waals surface area contributed by atoms with Crippen molar-refractivity contribution < 1.29 is 17.9 Å². The molecule has 0 saturated carbocycles. The molecule has 0 aliphatic carbocycles. The van der Waals surface area contributed by atoms with Gasteiger partial charge in [-0.05, 0) is 24.0 Å². The minimum absolute atomic E-state index is 0.0910. The highest BCUT2D eigenvalue weighted by Gasteiger charge is 2.15. The molecule has 3 rings (SSSR count). The van der Waals surface area contributed by atoms with E-state index in [2.05, 4.69) is 9.97 Å². The summed E-state index contributed by atoms with van der Waals surface area (Å²) < 4.78 is 45.0. The second-order valence-electron chi connectivity index (χ2n) is 5.57. The second-order valence-corrected chi connectivity index (χ2v) is 6.36. The molecule has 9 heteroatoms. The molecule has 0 aliphatic rings. The van der Waals surface area contributed by atoms with Crippen LogP contribution in [-0.2, 0) is 6.61 Å². The summed E-state index contributed by atoms with van der Waals surface area (Å²) in [4.78, 5) is 18.8. The van der Waals surface area contributed by atoms with Crippen molar-refractivity contribution >= 4 is 11.8 Å². The summed E-state index contributed by atoms with van der Waals surface area (Å²) in [5.74, 6) is -4.69. The van der Waals surface area contributed by atoms with Gasteiger partial charge in [0.25, 0.3) is 5.56 Å². The van der Waals surface area contributed by atoms with Crippen LogP contribution in [0.3, 0.4) is 0 Å². The van der Waals surface area contributed by atoms with E-state index in [1.54, 1.807) is 30.5 Å². The predicted octanol–water partition coefficient (Wildman–Crippen LogP) is 4.03. The largest absolute Gasteiger partial charge is 0.486 e. The van der Waals surface area contributed by atoms with Gasteiger partial charge in [-0.25, -0.2) is 13.8 Å². The summed E-state index contributed by atoms with van der Waals surface area (Å²) in [6, 6.07) is 10.2. The highest BCUT2D eigenvalue weighted by molar-refractivity contribution is 7.98. The lowest BCUT2D eigenvalue weighted by Crippen LogP contribution is -2.14. The van der Waals surface area contributed by atoms with Crippen molar-refractivity contribution in [2.45, 2.75) is 11.8 Å². The molecule has 0 aliphatic heterocycles. The van der Waals surface area contributed by atoms with Gasteiger partial charge in [-0.3, -0.25) is 4.79 Å². The molecule has 2 aromatic carbocycles. The van der Waals surface area contributed by atoms with Gasteiger partial charge in [0, 0.05) is 5.56 Å². The van der Waals surface area contributed by atoms with E-state index in [0.29, 0.717) is 16.3 Å². The number of nitrogens with one attached hydrogen (secondary N) is 1. The summed E-state index contributed by atoms with van der Waals surface area (Å²) in [7, 11) is 0. The highest BCUT2D eigenvalue weighted by Crippen LogP contribution is 2.24. The summed E-state index contributed by atoms with van der Waals surface area (Å²) in [5, 5.41) is 9.60. The van der Waals surface area contributed by atoms with E-state index in [0.717, 1.165) is 12.1 Å². The fraction of sp³-hybridized carbons (Fsp3) is 0.105. The number of hydrogen-bond acceptors (Lipinski definition) is 5. The Morgan fingerprint density at radius 2 is 1.86 bits per heavy atom. The first-order chi connectivity index (χ1) is 13.4. The number of nitriles is 1. The Morgan fingerprint density at radius 1 is 1.14 bits per heavy atom. The lowest BCUT2D eigenvalue weighted by Gasteiger charge is -2.09. The van der Waals surface area contributed by atoms with E-state index in [1.165, 1.54) is 11.8 Å². The molecule has 3 aromatic rings. The maximum atomic E-state index is 13.6. The predicted molar refractivity (Wildman–Crippen MR) is 97.4 cm³/mol. The van der Waals surface area contributed by atoms with Crippen LogP contribution in [0.2, 0.25) is 0 Å². The van der Waals surface area contributed by atoms with Crippen LogP contribution >= 0.6 is 11.8 Å². The summed E-state index contributed by atoms with van der Waals surface area (Å²) in [6.45, 7) is -0.0910. The van der Waals surface area contributed by atoms with Crippen LogP contribution in [-0.4, -0.2) is 16.2 Å². The molecular formula is C19H12F3N3O2S. The molecule has 0 unspecified atom stereocenters. The lowest BCUT2D eigenvalue weighted by molar-refractivity contribution is 0.281. The summed E-state index contributed by atoms with van der Waals surface area (Å²) in [6.07, 6.45) is 1.74. The molecule has 0 saturated heterocycles. The molecule has 5 nitrogen and oxygen atoms in total. The quantitative estimate of drug-likeness (QED) is 0.395. The number of rotatable bonds is 5. The van der Waals surface area contributed by atoms with Gasteiger partial charge in [0.05, 0.1) is 5.69 Å². The van der Waals surface area contributed by atoms with Crippen LogP contribution in [0, 0.1) is 28.8 Å². The molecule has 0 spiro atoms. The van der Waals surface area contributed by atoms with Gasteiger partial charge in [-0.2, -0.15) is 9.65 Å². The van der Waals surface area contributed by atoms with Crippen LogP contribution in [0.5, 0.6) is 5.75 Å². The standard InChI is InChI=1S/C19H12F3N3O2S/c1-28-19-24-17(12(8-23)18(26)25-19)11-4-2-10(3-5-11)9-27-14-7-6-13(20)15(21)16(14)22/h2-7H,9H2,1H3,(H,24,25,26). The van der Waals surface area contributed by atoms with E-state index >= 15 is 0 Å². The molecule has 0 atom stereocenters. The SMILES string of the molecule is CSc1nc(-c2ccc(COc3ccc(F)c(F)c3F)cc2)c(C#N)c(=O)[nH]1. The highest BCUT2D eigenvalue weighted by atomic mass is 32.2. The van der Waals surface area contributed by atoms with Gasteiger partial charge in [-0.1, -0.05) is 36.0 Å². The molecule has 0 radical (unpaired) electrons. The lowest BCUT2D eigenvalue weighted by atomic mass is 10.1. The van der Waals surface area contributed by atoms with Crippen LogP contribution < -0.4 is 10.3 Å². The van der Waals surface area contributed by atoms with Crippen molar-refractivity contribution in [1.82, 2.24) is 9.97 Å². The van der Waals surface area contributed by atoms with Crippen LogP contribution in [0.1, 0.15) is 11.1 Å². The molecule has 28 heavy (non-hydrogen) atoms. The number of nitrogens with zero attached hydrogens (tertiary/aromatic N) is 2. The van der Waals surface area contributed by atoms with Crippen LogP contribution in [0.15, 0.2) is 46.3 Å². The number of hydrogen-bond donors (Lipinski definition) is 1. The second kappa shape index (κ2) is 8.19. The molecule has 142 valence electrons. The molecule has 1 N–H and O–H groups in total. The molecule has 0 fully saturated rings. The Morgan fingerprint density at radius 3 is 2.50 bits per heavy atom.